The van der Waals surface area contributed by atoms with Crippen LogP contribution in [0.3, 0.4) is 0 Å². The van der Waals surface area contributed by atoms with Gasteiger partial charge >= 0.3 is 5.97 Å². The van der Waals surface area contributed by atoms with Crippen molar-refractivity contribution in [3.05, 3.63) is 52.2 Å². The number of para-hydroxylation sites is 1. The first-order valence-corrected chi connectivity index (χ1v) is 6.70. The first-order chi connectivity index (χ1) is 9.22. The van der Waals surface area contributed by atoms with Gasteiger partial charge in [-0.25, -0.2) is 4.79 Å². The number of benzene rings is 1. The molecule has 0 saturated heterocycles. The SMILES string of the molecule is CC/C(=N\OC(=O)c1cccs1)c1ccccc1O. The van der Waals surface area contributed by atoms with Crippen LogP contribution in [0.25, 0.3) is 0 Å². The number of hydrogen-bond donors (Lipinski definition) is 1. The molecule has 0 fully saturated rings. The van der Waals surface area contributed by atoms with E-state index in [1.807, 2.05) is 6.92 Å². The van der Waals surface area contributed by atoms with Crippen molar-refractivity contribution in [3.63, 3.8) is 0 Å². The maximum atomic E-state index is 11.7. The van der Waals surface area contributed by atoms with Gasteiger partial charge in [-0.15, -0.1) is 11.3 Å². The van der Waals surface area contributed by atoms with Crippen molar-refractivity contribution in [1.82, 2.24) is 0 Å². The highest BCUT2D eigenvalue weighted by atomic mass is 32.1. The largest absolute Gasteiger partial charge is 0.507 e. The Bertz CT molecular complexity index is 590. The van der Waals surface area contributed by atoms with E-state index in [0.29, 0.717) is 22.6 Å². The molecule has 1 N–H and O–H groups in total. The highest BCUT2D eigenvalue weighted by molar-refractivity contribution is 7.11. The number of carbonyl (C=O) groups excluding carboxylic acids is 1. The molecule has 5 heteroatoms. The number of phenolic OH excluding ortho intramolecular Hbond substituents is 1. The van der Waals surface area contributed by atoms with Gasteiger partial charge in [0.25, 0.3) is 0 Å². The quantitative estimate of drug-likeness (QED) is 0.528. The van der Waals surface area contributed by atoms with Crippen molar-refractivity contribution in [2.75, 3.05) is 0 Å². The van der Waals surface area contributed by atoms with Gasteiger partial charge < -0.3 is 9.94 Å². The van der Waals surface area contributed by atoms with Crippen molar-refractivity contribution in [2.45, 2.75) is 13.3 Å². The summed E-state index contributed by atoms with van der Waals surface area (Å²) in [6.07, 6.45) is 0.551. The van der Waals surface area contributed by atoms with Gasteiger partial charge in [0.2, 0.25) is 0 Å². The Morgan fingerprint density at radius 3 is 2.74 bits per heavy atom. The summed E-state index contributed by atoms with van der Waals surface area (Å²) in [6, 6.07) is 10.3. The lowest BCUT2D eigenvalue weighted by atomic mass is 10.1. The van der Waals surface area contributed by atoms with E-state index < -0.39 is 5.97 Å². The monoisotopic (exact) mass is 275 g/mol. The maximum absolute atomic E-state index is 11.7. The molecule has 0 spiro atoms. The van der Waals surface area contributed by atoms with Crippen LogP contribution in [-0.4, -0.2) is 16.8 Å². The van der Waals surface area contributed by atoms with Gasteiger partial charge in [0, 0.05) is 5.56 Å². The fraction of sp³-hybridized carbons (Fsp3) is 0.143. The molecule has 1 aromatic heterocycles. The molecule has 0 atom stereocenters. The molecule has 0 bridgehead atoms. The van der Waals surface area contributed by atoms with Gasteiger partial charge in [0.15, 0.2) is 0 Å². The zero-order valence-electron chi connectivity index (χ0n) is 10.4. The van der Waals surface area contributed by atoms with E-state index in [2.05, 4.69) is 5.16 Å². The van der Waals surface area contributed by atoms with E-state index in [0.717, 1.165) is 0 Å². The lowest BCUT2D eigenvalue weighted by Gasteiger charge is -2.05. The predicted molar refractivity (Wildman–Crippen MR) is 74.7 cm³/mol. The van der Waals surface area contributed by atoms with E-state index in [-0.39, 0.29) is 5.75 Å². The maximum Gasteiger partial charge on any atom is 0.375 e. The van der Waals surface area contributed by atoms with Crippen LogP contribution in [0.2, 0.25) is 0 Å². The summed E-state index contributed by atoms with van der Waals surface area (Å²) in [4.78, 5) is 17.1. The minimum atomic E-state index is -0.489. The van der Waals surface area contributed by atoms with Crippen molar-refractivity contribution in [1.29, 1.82) is 0 Å². The fourth-order valence-corrected chi connectivity index (χ4v) is 2.15. The number of carbonyl (C=O) groups is 1. The molecule has 19 heavy (non-hydrogen) atoms. The number of phenols is 1. The van der Waals surface area contributed by atoms with Crippen molar-refractivity contribution in [3.8, 4) is 5.75 Å². The van der Waals surface area contributed by atoms with Crippen LogP contribution < -0.4 is 0 Å². The number of aromatic hydroxyl groups is 1. The average Bonchev–Trinajstić information content (AvgIpc) is 2.95. The molecule has 0 saturated carbocycles. The molecule has 0 radical (unpaired) electrons. The van der Waals surface area contributed by atoms with Crippen molar-refractivity contribution >= 4 is 23.0 Å². The van der Waals surface area contributed by atoms with E-state index >= 15 is 0 Å². The summed E-state index contributed by atoms with van der Waals surface area (Å²) in [7, 11) is 0. The van der Waals surface area contributed by atoms with Crippen molar-refractivity contribution in [2.24, 2.45) is 5.16 Å². The van der Waals surface area contributed by atoms with Crippen LogP contribution in [0.15, 0.2) is 46.9 Å². The number of rotatable bonds is 4. The first kappa shape index (κ1) is 13.3. The van der Waals surface area contributed by atoms with Gasteiger partial charge in [-0.3, -0.25) is 0 Å². The van der Waals surface area contributed by atoms with Crippen LogP contribution >= 0.6 is 11.3 Å². The van der Waals surface area contributed by atoms with Gasteiger partial charge in [-0.05, 0) is 30.0 Å². The van der Waals surface area contributed by atoms with Gasteiger partial charge in [0.05, 0.1) is 5.71 Å². The highest BCUT2D eigenvalue weighted by Crippen LogP contribution is 2.18. The minimum absolute atomic E-state index is 0.121. The summed E-state index contributed by atoms with van der Waals surface area (Å²) in [5.41, 5.74) is 1.10. The molecule has 0 amide bonds. The molecule has 0 aliphatic rings. The van der Waals surface area contributed by atoms with Gasteiger partial charge in [0.1, 0.15) is 10.6 Å². The molecule has 0 aliphatic carbocycles. The molecule has 4 nitrogen and oxygen atoms in total. The topological polar surface area (TPSA) is 58.9 Å². The molecule has 0 aliphatic heterocycles. The van der Waals surface area contributed by atoms with Crippen LogP contribution in [0.1, 0.15) is 28.6 Å². The Balaban J connectivity index is 2.16. The Hall–Kier alpha value is -2.14. The summed E-state index contributed by atoms with van der Waals surface area (Å²) in [5.74, 6) is -0.369. The molecular formula is C14H13NO3S. The van der Waals surface area contributed by atoms with Crippen molar-refractivity contribution < 1.29 is 14.7 Å². The third-order valence-electron chi connectivity index (χ3n) is 2.51. The number of thiophene rings is 1. The van der Waals surface area contributed by atoms with E-state index in [1.165, 1.54) is 11.3 Å². The van der Waals surface area contributed by atoms with Crippen LogP contribution in [-0.2, 0) is 4.84 Å². The minimum Gasteiger partial charge on any atom is -0.507 e. The van der Waals surface area contributed by atoms with Gasteiger partial charge in [-0.2, -0.15) is 0 Å². The zero-order valence-corrected chi connectivity index (χ0v) is 11.2. The number of hydrogen-bond acceptors (Lipinski definition) is 5. The van der Waals surface area contributed by atoms with E-state index in [9.17, 15) is 9.90 Å². The third kappa shape index (κ3) is 3.20. The Labute approximate surface area is 115 Å². The summed E-state index contributed by atoms with van der Waals surface area (Å²) in [5, 5.41) is 15.4. The number of nitrogens with zero attached hydrogens (tertiary/aromatic N) is 1. The van der Waals surface area contributed by atoms with E-state index in [1.54, 1.807) is 41.8 Å². The van der Waals surface area contributed by atoms with E-state index in [4.69, 9.17) is 4.84 Å². The molecule has 1 aromatic carbocycles. The molecule has 0 unspecified atom stereocenters. The van der Waals surface area contributed by atoms with Gasteiger partial charge in [-0.1, -0.05) is 30.3 Å². The summed E-state index contributed by atoms with van der Waals surface area (Å²) >= 11 is 1.30. The Morgan fingerprint density at radius 2 is 2.11 bits per heavy atom. The average molecular weight is 275 g/mol. The lowest BCUT2D eigenvalue weighted by molar-refractivity contribution is 0.0521. The summed E-state index contributed by atoms with van der Waals surface area (Å²) in [6.45, 7) is 1.88. The Morgan fingerprint density at radius 1 is 1.32 bits per heavy atom. The zero-order chi connectivity index (χ0) is 13.7. The smallest absolute Gasteiger partial charge is 0.375 e. The number of oxime groups is 1. The van der Waals surface area contributed by atoms with Crippen LogP contribution in [0.5, 0.6) is 5.75 Å². The molecule has 2 rings (SSSR count). The second kappa shape index (κ2) is 6.15. The van der Waals surface area contributed by atoms with Crippen LogP contribution in [0, 0.1) is 0 Å². The predicted octanol–water partition coefficient (Wildman–Crippen LogP) is 3.42. The van der Waals surface area contributed by atoms with Crippen LogP contribution in [0.4, 0.5) is 0 Å². The fourth-order valence-electron chi connectivity index (χ4n) is 1.56. The lowest BCUT2D eigenvalue weighted by Crippen LogP contribution is -2.04. The Kier molecular flexibility index (Phi) is 4.30. The first-order valence-electron chi connectivity index (χ1n) is 5.82. The molecule has 2 aromatic rings. The molecular weight excluding hydrogens is 262 g/mol. The highest BCUT2D eigenvalue weighted by Gasteiger charge is 2.11. The molecule has 98 valence electrons. The second-order valence-corrected chi connectivity index (χ2v) is 4.71. The summed E-state index contributed by atoms with van der Waals surface area (Å²) < 4.78 is 0. The normalized spacial score (nSPS) is 11.3. The molecule has 1 heterocycles. The second-order valence-electron chi connectivity index (χ2n) is 3.76. The standard InChI is InChI=1S/C14H13NO3S/c1-2-11(10-6-3-4-7-12(10)16)15-18-14(17)13-8-5-9-19-13/h3-9,16H,2H2,1H3/b15-11+. The third-order valence-corrected chi connectivity index (χ3v) is 3.36.